The monoisotopic (exact) mass is 447 g/mol. The van der Waals surface area contributed by atoms with E-state index in [1.807, 2.05) is 19.2 Å². The number of ether oxygens (including phenoxy) is 2. The van der Waals surface area contributed by atoms with Crippen LogP contribution < -0.4 is 4.74 Å². The lowest BCUT2D eigenvalue weighted by Gasteiger charge is -2.40. The van der Waals surface area contributed by atoms with Crippen LogP contribution in [0.3, 0.4) is 0 Å². The highest BCUT2D eigenvalue weighted by atomic mass is 16.7. The van der Waals surface area contributed by atoms with E-state index in [-0.39, 0.29) is 23.3 Å². The second kappa shape index (κ2) is 9.22. The first-order valence-electron chi connectivity index (χ1n) is 10.6. The number of nitrogens with zero attached hydrogens (tertiary/aromatic N) is 1. The van der Waals surface area contributed by atoms with Gasteiger partial charge in [-0.1, -0.05) is 12.1 Å². The van der Waals surface area contributed by atoms with Crippen LogP contribution in [0, 0.1) is 0 Å². The average Bonchev–Trinajstić information content (AvgIpc) is 2.78. The molecule has 1 fully saturated rings. The minimum absolute atomic E-state index is 0.0129. The van der Waals surface area contributed by atoms with Gasteiger partial charge in [-0.05, 0) is 60.8 Å². The minimum atomic E-state index is -1.57. The van der Waals surface area contributed by atoms with Crippen LogP contribution in [0.25, 0.3) is 0 Å². The van der Waals surface area contributed by atoms with Crippen molar-refractivity contribution >= 4 is 0 Å². The fraction of sp³-hybridized carbons (Fsp3) is 0.478. The number of aromatic hydroxyl groups is 2. The Morgan fingerprint density at radius 2 is 1.75 bits per heavy atom. The van der Waals surface area contributed by atoms with Crippen molar-refractivity contribution in [1.82, 2.24) is 4.90 Å². The Balaban J connectivity index is 1.61. The van der Waals surface area contributed by atoms with E-state index in [4.69, 9.17) is 9.47 Å². The summed E-state index contributed by atoms with van der Waals surface area (Å²) in [5.74, 6) is 0.138. The Bertz CT molecular complexity index is 934. The second-order valence-electron chi connectivity index (χ2n) is 8.45. The smallest absolute Gasteiger partial charge is 0.229 e. The molecular formula is C23H29NO8. The van der Waals surface area contributed by atoms with E-state index in [2.05, 4.69) is 4.90 Å². The van der Waals surface area contributed by atoms with Gasteiger partial charge in [-0.3, -0.25) is 4.90 Å². The van der Waals surface area contributed by atoms with E-state index in [0.29, 0.717) is 6.42 Å². The van der Waals surface area contributed by atoms with Gasteiger partial charge in [-0.15, -0.1) is 0 Å². The normalized spacial score (nSPS) is 30.7. The number of hydrogen-bond donors (Lipinski definition) is 6. The molecule has 6 atom stereocenters. The number of likely N-dealkylation sites (N-methyl/N-ethyl adjacent to an activating group) is 1. The van der Waals surface area contributed by atoms with Crippen LogP contribution in [0.15, 0.2) is 36.4 Å². The predicted molar refractivity (Wildman–Crippen MR) is 113 cm³/mol. The molecule has 174 valence electrons. The van der Waals surface area contributed by atoms with Crippen molar-refractivity contribution in [3.05, 3.63) is 53.1 Å². The lowest BCUT2D eigenvalue weighted by molar-refractivity contribution is -0.277. The molecule has 32 heavy (non-hydrogen) atoms. The molecule has 1 unspecified atom stereocenters. The molecule has 2 aliphatic heterocycles. The van der Waals surface area contributed by atoms with Gasteiger partial charge < -0.3 is 40.1 Å². The van der Waals surface area contributed by atoms with Gasteiger partial charge in [-0.25, -0.2) is 0 Å². The number of fused-ring (bicyclic) bond motifs is 1. The molecule has 0 radical (unpaired) electrons. The summed E-state index contributed by atoms with van der Waals surface area (Å²) < 4.78 is 11.1. The van der Waals surface area contributed by atoms with Crippen molar-refractivity contribution < 1.29 is 40.1 Å². The molecule has 0 spiro atoms. The van der Waals surface area contributed by atoms with Crippen LogP contribution in [0.5, 0.6) is 17.2 Å². The van der Waals surface area contributed by atoms with E-state index in [9.17, 15) is 30.6 Å². The number of phenols is 2. The van der Waals surface area contributed by atoms with Gasteiger partial charge >= 0.3 is 0 Å². The third-order valence-corrected chi connectivity index (χ3v) is 6.30. The number of rotatable bonds is 5. The molecule has 4 rings (SSSR count). The first-order valence-corrected chi connectivity index (χ1v) is 10.6. The van der Waals surface area contributed by atoms with E-state index >= 15 is 0 Å². The molecule has 0 aromatic heterocycles. The van der Waals surface area contributed by atoms with Crippen LogP contribution in [-0.4, -0.2) is 86.4 Å². The molecule has 2 aliphatic rings. The Morgan fingerprint density at radius 1 is 1.03 bits per heavy atom. The first-order chi connectivity index (χ1) is 15.3. The number of benzene rings is 2. The van der Waals surface area contributed by atoms with Crippen LogP contribution in [0.1, 0.15) is 22.7 Å². The quantitative estimate of drug-likeness (QED) is 0.375. The third-order valence-electron chi connectivity index (χ3n) is 6.30. The van der Waals surface area contributed by atoms with Crippen LogP contribution >= 0.6 is 0 Å². The summed E-state index contributed by atoms with van der Waals surface area (Å²) in [5, 5.41) is 59.7. The van der Waals surface area contributed by atoms with Crippen molar-refractivity contribution in [2.45, 2.75) is 49.6 Å². The zero-order valence-electron chi connectivity index (χ0n) is 17.7. The summed E-state index contributed by atoms with van der Waals surface area (Å²) in [6, 6.07) is 10.3. The van der Waals surface area contributed by atoms with Gasteiger partial charge in [0, 0.05) is 12.6 Å². The molecule has 0 bridgehead atoms. The summed E-state index contributed by atoms with van der Waals surface area (Å²) in [4.78, 5) is 2.20. The van der Waals surface area contributed by atoms with Gasteiger partial charge in [0.1, 0.15) is 30.2 Å². The average molecular weight is 447 g/mol. The highest BCUT2D eigenvalue weighted by Gasteiger charge is 2.45. The Kier molecular flexibility index (Phi) is 6.57. The van der Waals surface area contributed by atoms with Crippen LogP contribution in [0.2, 0.25) is 0 Å². The second-order valence-corrected chi connectivity index (χ2v) is 8.45. The Labute approximate surface area is 185 Å². The van der Waals surface area contributed by atoms with Crippen molar-refractivity contribution in [1.29, 1.82) is 0 Å². The summed E-state index contributed by atoms with van der Waals surface area (Å²) in [7, 11) is 2.01. The molecular weight excluding hydrogens is 418 g/mol. The molecule has 9 nitrogen and oxygen atoms in total. The number of phenolic OH excluding ortho intramolecular Hbond substituents is 2. The molecule has 6 N–H and O–H groups in total. The van der Waals surface area contributed by atoms with Gasteiger partial charge in [0.05, 0.1) is 6.61 Å². The largest absolute Gasteiger partial charge is 0.508 e. The zero-order chi connectivity index (χ0) is 23.0. The predicted octanol–water partition coefficient (Wildman–Crippen LogP) is 0.0482. The van der Waals surface area contributed by atoms with Crippen LogP contribution in [0.4, 0.5) is 0 Å². The third kappa shape index (κ3) is 4.40. The van der Waals surface area contributed by atoms with Crippen molar-refractivity contribution in [2.24, 2.45) is 0 Å². The molecule has 9 heteroatoms. The Hall–Kier alpha value is -2.40. The van der Waals surface area contributed by atoms with Crippen molar-refractivity contribution in [3.8, 4) is 17.2 Å². The maximum absolute atomic E-state index is 10.5. The molecule has 2 aromatic rings. The number of hydrogen-bond acceptors (Lipinski definition) is 9. The van der Waals surface area contributed by atoms with Crippen molar-refractivity contribution in [3.63, 3.8) is 0 Å². The number of aliphatic hydroxyl groups excluding tert-OH is 4. The maximum atomic E-state index is 10.5. The standard InChI is InChI=1S/C23H29NO8/c1-24-7-6-13-9-17(27)18(31-23-22(30)21(29)20(28)19(11-25)32-23)10-15(13)16(24)8-12-2-4-14(26)5-3-12/h2-5,9-10,16,19-23,25-30H,6-8,11H2,1H3/t16?,19-,20-,21+,22-,23-/m1/s1. The summed E-state index contributed by atoms with van der Waals surface area (Å²) >= 11 is 0. The molecule has 0 saturated carbocycles. The van der Waals surface area contributed by atoms with E-state index in [0.717, 1.165) is 29.7 Å². The molecule has 0 amide bonds. The van der Waals surface area contributed by atoms with E-state index in [1.165, 1.54) is 0 Å². The SMILES string of the molecule is CN1CCc2cc(O)c(O[C@@H]3O[C@H](CO)[C@@H](O)[C@H](O)[C@H]3O)cc2C1Cc1ccc(O)cc1. The minimum Gasteiger partial charge on any atom is -0.508 e. The number of aliphatic hydroxyl groups is 4. The zero-order valence-corrected chi connectivity index (χ0v) is 17.7. The van der Waals surface area contributed by atoms with Gasteiger partial charge in [0.2, 0.25) is 6.29 Å². The highest BCUT2D eigenvalue weighted by Crippen LogP contribution is 2.39. The molecule has 2 aromatic carbocycles. The van der Waals surface area contributed by atoms with E-state index < -0.39 is 37.3 Å². The maximum Gasteiger partial charge on any atom is 0.229 e. The lowest BCUT2D eigenvalue weighted by Crippen LogP contribution is -2.60. The summed E-state index contributed by atoms with van der Waals surface area (Å²) in [6.07, 6.45) is -5.70. The fourth-order valence-corrected chi connectivity index (χ4v) is 4.35. The highest BCUT2D eigenvalue weighted by molar-refractivity contribution is 5.49. The van der Waals surface area contributed by atoms with E-state index in [1.54, 1.807) is 24.3 Å². The fourth-order valence-electron chi connectivity index (χ4n) is 4.35. The topological polar surface area (TPSA) is 143 Å². The Morgan fingerprint density at radius 3 is 2.44 bits per heavy atom. The van der Waals surface area contributed by atoms with Crippen LogP contribution in [-0.2, 0) is 17.6 Å². The molecule has 2 heterocycles. The lowest BCUT2D eigenvalue weighted by atomic mass is 9.88. The summed E-state index contributed by atoms with van der Waals surface area (Å²) in [6.45, 7) is 0.239. The summed E-state index contributed by atoms with van der Waals surface area (Å²) in [5.41, 5.74) is 2.96. The molecule has 1 saturated heterocycles. The van der Waals surface area contributed by atoms with Gasteiger partial charge in [-0.2, -0.15) is 0 Å². The van der Waals surface area contributed by atoms with Crippen molar-refractivity contribution in [2.75, 3.05) is 20.2 Å². The first kappa shape index (κ1) is 22.8. The van der Waals surface area contributed by atoms with Gasteiger partial charge in [0.25, 0.3) is 0 Å². The molecule has 0 aliphatic carbocycles. The van der Waals surface area contributed by atoms with Gasteiger partial charge in [0.15, 0.2) is 11.5 Å².